The van der Waals surface area contributed by atoms with Crippen molar-refractivity contribution < 1.29 is 56.8 Å². The summed E-state index contributed by atoms with van der Waals surface area (Å²) < 4.78 is 1.10. The summed E-state index contributed by atoms with van der Waals surface area (Å²) in [6.45, 7) is 0. The molecule has 0 aliphatic rings. The van der Waals surface area contributed by atoms with Gasteiger partial charge in [0.25, 0.3) is 0 Å². The number of pyridine rings is 2. The van der Waals surface area contributed by atoms with Crippen molar-refractivity contribution in [1.29, 1.82) is 0 Å². The molecule has 2 amide bonds. The van der Waals surface area contributed by atoms with Gasteiger partial charge in [0.15, 0.2) is 0 Å². The van der Waals surface area contributed by atoms with E-state index < -0.39 is 23.8 Å². The molecule has 0 radical (unpaired) electrons. The molecule has 0 fully saturated rings. The Morgan fingerprint density at radius 2 is 0.902 bits per heavy atom. The van der Waals surface area contributed by atoms with Gasteiger partial charge in [-0.25, -0.2) is 0 Å². The van der Waals surface area contributed by atoms with Crippen LogP contribution in [-0.4, -0.2) is 33.7 Å². The molecular formula is C26H26Br2N4NiO8+2. The maximum Gasteiger partial charge on any atom is 2.00 e. The monoisotopic (exact) mass is 738 g/mol. The Morgan fingerprint density at radius 3 is 1.07 bits per heavy atom. The number of nitrogens with two attached hydrogens (primary N) is 2. The first-order chi connectivity index (χ1) is 18.0. The van der Waals surface area contributed by atoms with Crippen LogP contribution in [0.15, 0.2) is 107 Å². The molecular weight excluding hydrogens is 715 g/mol. The van der Waals surface area contributed by atoms with Gasteiger partial charge in [-0.05, 0) is 36.4 Å². The Balaban J connectivity index is -0.000000459. The Hall–Kier alpha value is -4.01. The molecule has 0 saturated heterocycles. The van der Waals surface area contributed by atoms with Crippen LogP contribution in [0.1, 0.15) is 41.4 Å². The molecule has 0 spiro atoms. The largest absolute Gasteiger partial charge is 2.00 e. The average molecular weight is 741 g/mol. The third-order valence-corrected chi connectivity index (χ3v) is 5.46. The smallest absolute Gasteiger partial charge is 0.545 e. The maximum absolute atomic E-state index is 10.4. The molecule has 0 aliphatic heterocycles. The van der Waals surface area contributed by atoms with Crippen LogP contribution >= 0.6 is 31.9 Å². The van der Waals surface area contributed by atoms with E-state index in [1.54, 1.807) is 73.1 Å². The molecule has 0 bridgehead atoms. The van der Waals surface area contributed by atoms with Gasteiger partial charge in [-0.15, -0.1) is 0 Å². The quantitative estimate of drug-likeness (QED) is 0.214. The number of amides is 2. The molecule has 2 aromatic carbocycles. The summed E-state index contributed by atoms with van der Waals surface area (Å²) in [5.41, 5.74) is 11.1. The second-order valence-electron chi connectivity index (χ2n) is 6.75. The van der Waals surface area contributed by atoms with E-state index in [4.69, 9.17) is 11.5 Å². The number of primary amides is 2. The maximum atomic E-state index is 10.4. The predicted molar refractivity (Wildman–Crippen MR) is 152 cm³/mol. The first-order valence-electron chi connectivity index (χ1n) is 10.4. The topological polar surface area (TPSA) is 258 Å². The number of carbonyl (C=O) groups is 4. The van der Waals surface area contributed by atoms with Crippen molar-refractivity contribution in [1.82, 2.24) is 9.97 Å². The normalized spacial score (nSPS) is 8.44. The second-order valence-corrected chi connectivity index (χ2v) is 8.46. The van der Waals surface area contributed by atoms with Gasteiger partial charge in [0.1, 0.15) is 0 Å². The molecule has 0 atom stereocenters. The van der Waals surface area contributed by atoms with Crippen LogP contribution in [0.5, 0.6) is 0 Å². The number of benzene rings is 2. The Kier molecular flexibility index (Phi) is 23.0. The van der Waals surface area contributed by atoms with E-state index in [-0.39, 0.29) is 38.6 Å². The van der Waals surface area contributed by atoms with Crippen LogP contribution in [-0.2, 0) is 27.4 Å². The molecule has 0 unspecified atom stereocenters. The van der Waals surface area contributed by atoms with Gasteiger partial charge >= 0.3 is 16.5 Å². The molecule has 15 heteroatoms. The minimum atomic E-state index is -1.16. The average Bonchev–Trinajstić information content (AvgIpc) is 2.91. The van der Waals surface area contributed by atoms with E-state index in [1.807, 2.05) is 0 Å². The fourth-order valence-electron chi connectivity index (χ4n) is 2.27. The zero-order valence-electron chi connectivity index (χ0n) is 21.0. The molecule has 12 nitrogen and oxygen atoms in total. The zero-order chi connectivity index (χ0) is 28.5. The van der Waals surface area contributed by atoms with E-state index in [9.17, 15) is 29.4 Å². The minimum absolute atomic E-state index is 0. The molecule has 10 N–H and O–H groups in total. The van der Waals surface area contributed by atoms with Crippen LogP contribution in [0.4, 0.5) is 0 Å². The van der Waals surface area contributed by atoms with E-state index in [0.717, 1.165) is 0 Å². The van der Waals surface area contributed by atoms with Gasteiger partial charge in [-0.3, -0.25) is 19.6 Å². The third kappa shape index (κ3) is 16.6. The van der Waals surface area contributed by atoms with Crippen LogP contribution in [0.2, 0.25) is 0 Å². The van der Waals surface area contributed by atoms with Crippen LogP contribution < -0.4 is 21.7 Å². The van der Waals surface area contributed by atoms with Crippen molar-refractivity contribution in [2.75, 3.05) is 0 Å². The molecule has 2 heterocycles. The molecule has 0 aliphatic carbocycles. The Morgan fingerprint density at radius 1 is 0.585 bits per heavy atom. The number of hydrogen-bond acceptors (Lipinski definition) is 8. The minimum Gasteiger partial charge on any atom is -0.545 e. The van der Waals surface area contributed by atoms with Crippen LogP contribution in [0.25, 0.3) is 0 Å². The number of aromatic nitrogens is 2. The molecule has 0 saturated carbocycles. The SMILES string of the molecule is NC(=O)c1cccnc1.NC(=O)c1cccnc1.O=C([O-])c1ccccc1Br.O=C([O-])c1ccccc1Br.[Ni+2].[OH3+].[OH3+]. The summed E-state index contributed by atoms with van der Waals surface area (Å²) in [6.07, 6.45) is 6.05. The first kappa shape index (κ1) is 41.5. The van der Waals surface area contributed by atoms with Gasteiger partial charge in [-0.2, -0.15) is 0 Å². The molecule has 220 valence electrons. The number of carbonyl (C=O) groups excluding carboxylic acids is 4. The molecule has 4 rings (SSSR count). The van der Waals surface area contributed by atoms with Crippen LogP contribution in [0, 0.1) is 0 Å². The molecule has 41 heavy (non-hydrogen) atoms. The second kappa shape index (κ2) is 22.8. The van der Waals surface area contributed by atoms with Crippen molar-refractivity contribution in [3.63, 3.8) is 0 Å². The van der Waals surface area contributed by atoms with Gasteiger partial charge < -0.3 is 42.2 Å². The van der Waals surface area contributed by atoms with E-state index >= 15 is 0 Å². The van der Waals surface area contributed by atoms with Gasteiger partial charge in [0, 0.05) is 44.9 Å². The van der Waals surface area contributed by atoms with Gasteiger partial charge in [0.2, 0.25) is 11.8 Å². The summed E-state index contributed by atoms with van der Waals surface area (Å²) >= 11 is 6.15. The van der Waals surface area contributed by atoms with Crippen LogP contribution in [0.3, 0.4) is 0 Å². The Labute approximate surface area is 261 Å². The number of nitrogens with zero attached hydrogens (tertiary/aromatic N) is 2. The number of aromatic carboxylic acids is 2. The fraction of sp³-hybridized carbons (Fsp3) is 0. The Bertz CT molecular complexity index is 1260. The number of rotatable bonds is 4. The van der Waals surface area contributed by atoms with Crippen molar-refractivity contribution in [2.24, 2.45) is 11.5 Å². The summed E-state index contributed by atoms with van der Waals surface area (Å²) in [5.74, 6) is -3.20. The predicted octanol–water partition coefficient (Wildman–Crippen LogP) is 0.140. The summed E-state index contributed by atoms with van der Waals surface area (Å²) in [5, 5.41) is 20.6. The van der Waals surface area contributed by atoms with Crippen molar-refractivity contribution in [3.8, 4) is 0 Å². The van der Waals surface area contributed by atoms with Crippen molar-refractivity contribution in [3.05, 3.63) is 129 Å². The fourth-order valence-corrected chi connectivity index (χ4v) is 3.16. The number of carboxylic acids is 2. The number of halogens is 2. The van der Waals surface area contributed by atoms with Crippen molar-refractivity contribution >= 4 is 55.6 Å². The van der Waals surface area contributed by atoms with Crippen molar-refractivity contribution in [2.45, 2.75) is 0 Å². The molecule has 2 aromatic heterocycles. The zero-order valence-corrected chi connectivity index (χ0v) is 25.1. The third-order valence-electron chi connectivity index (χ3n) is 4.08. The summed E-state index contributed by atoms with van der Waals surface area (Å²) in [6, 6.07) is 19.7. The van der Waals surface area contributed by atoms with Gasteiger partial charge in [-0.1, -0.05) is 68.3 Å². The standard InChI is InChI=1S/2C7H5BrO2.2C6H6N2O.Ni.2H2O/c2*8-6-4-2-1-3-5(6)7(9)10;2*7-6(9)5-2-1-3-8-4-5;;;/h2*1-4H,(H,9,10);2*1-4H,(H2,7,9);;2*1H2/q;;;;+2;;. The number of hydrogen-bond donors (Lipinski definition) is 2. The number of carboxylic acid groups (broad SMARTS) is 2. The summed E-state index contributed by atoms with van der Waals surface area (Å²) in [7, 11) is 0. The van der Waals surface area contributed by atoms with Gasteiger partial charge in [0.05, 0.1) is 23.1 Å². The molecule has 4 aromatic rings. The van der Waals surface area contributed by atoms with E-state index in [2.05, 4.69) is 41.8 Å². The van der Waals surface area contributed by atoms with E-state index in [0.29, 0.717) is 20.1 Å². The first-order valence-corrected chi connectivity index (χ1v) is 11.9. The summed E-state index contributed by atoms with van der Waals surface area (Å²) in [4.78, 5) is 48.7. The van der Waals surface area contributed by atoms with E-state index in [1.165, 1.54) is 24.5 Å².